The fourth-order valence-electron chi connectivity index (χ4n) is 2.07. The molecule has 1 heterocycles. The molecule has 2 N–H and O–H groups in total. The van der Waals surface area contributed by atoms with Gasteiger partial charge in [0.05, 0.1) is 23.6 Å². The van der Waals surface area contributed by atoms with Gasteiger partial charge in [-0.15, -0.1) is 0 Å². The predicted molar refractivity (Wildman–Crippen MR) is 65.2 cm³/mol. The first-order valence-corrected chi connectivity index (χ1v) is 5.80. The van der Waals surface area contributed by atoms with Crippen molar-refractivity contribution in [3.05, 3.63) is 39.9 Å². The van der Waals surface area contributed by atoms with Crippen molar-refractivity contribution in [3.8, 4) is 0 Å². The third kappa shape index (κ3) is 2.61. The van der Waals surface area contributed by atoms with Gasteiger partial charge in [0.15, 0.2) is 0 Å². The summed E-state index contributed by atoms with van der Waals surface area (Å²) in [6.45, 7) is 1.95. The summed E-state index contributed by atoms with van der Waals surface area (Å²) in [5.41, 5.74) is 7.02. The number of hydrogen-bond donors (Lipinski definition) is 1. The molecule has 1 aliphatic rings. The van der Waals surface area contributed by atoms with Gasteiger partial charge in [-0.1, -0.05) is 0 Å². The normalized spacial score (nSPS) is 15.6. The molecule has 0 unspecified atom stereocenters. The number of rotatable bonds is 2. The molecule has 2 rings (SSSR count). The van der Waals surface area contributed by atoms with Crippen molar-refractivity contribution in [2.24, 2.45) is 5.73 Å². The number of non-ortho nitro benzene ring substituents is 1. The van der Waals surface area contributed by atoms with Crippen LogP contribution in [-0.2, 0) is 0 Å². The van der Waals surface area contributed by atoms with Gasteiger partial charge in [0.1, 0.15) is 0 Å². The number of nitro benzene ring substituents is 1. The lowest BCUT2D eigenvalue weighted by molar-refractivity contribution is -0.537. The molecule has 1 saturated heterocycles. The Balaban J connectivity index is 2.24. The molecule has 0 aliphatic carbocycles. The highest BCUT2D eigenvalue weighted by atomic mass is 16.6. The van der Waals surface area contributed by atoms with Crippen LogP contribution in [0.25, 0.3) is 0 Å². The van der Waals surface area contributed by atoms with E-state index in [9.17, 15) is 10.1 Å². The molecule has 5 heteroatoms. The van der Waals surface area contributed by atoms with Crippen LogP contribution < -0.4 is 5.73 Å². The Hall–Kier alpha value is -1.91. The molecular formula is C12H16N3O2+. The highest BCUT2D eigenvalue weighted by Crippen LogP contribution is 2.12. The van der Waals surface area contributed by atoms with Crippen LogP contribution in [0.2, 0.25) is 0 Å². The summed E-state index contributed by atoms with van der Waals surface area (Å²) in [5.74, 6) is 0.722. The Bertz CT molecular complexity index is 443. The summed E-state index contributed by atoms with van der Waals surface area (Å²) in [4.78, 5) is 10.1. The van der Waals surface area contributed by atoms with Gasteiger partial charge in [-0.2, -0.15) is 0 Å². The Morgan fingerprint density at radius 3 is 2.29 bits per heavy atom. The van der Waals surface area contributed by atoms with Crippen LogP contribution in [0, 0.1) is 10.1 Å². The Labute approximate surface area is 99.7 Å². The van der Waals surface area contributed by atoms with Gasteiger partial charge in [-0.25, -0.2) is 0 Å². The molecule has 0 atom stereocenters. The minimum Gasteiger partial charge on any atom is -0.287 e. The van der Waals surface area contributed by atoms with Crippen LogP contribution in [-0.4, -0.2) is 28.4 Å². The highest BCUT2D eigenvalue weighted by molar-refractivity contribution is 5.93. The zero-order chi connectivity index (χ0) is 12.3. The highest BCUT2D eigenvalue weighted by Gasteiger charge is 2.15. The molecule has 0 radical (unpaired) electrons. The molecule has 0 bridgehead atoms. The van der Waals surface area contributed by atoms with Crippen molar-refractivity contribution in [1.29, 1.82) is 0 Å². The molecule has 90 valence electrons. The van der Waals surface area contributed by atoms with Crippen molar-refractivity contribution in [3.63, 3.8) is 0 Å². The zero-order valence-electron chi connectivity index (χ0n) is 9.63. The summed E-state index contributed by atoms with van der Waals surface area (Å²) in [6, 6.07) is 6.41. The quantitative estimate of drug-likeness (QED) is 0.365. The van der Waals surface area contributed by atoms with E-state index in [1.54, 1.807) is 12.1 Å². The lowest BCUT2D eigenvalue weighted by Crippen LogP contribution is -2.33. The molecule has 0 spiro atoms. The third-order valence-corrected chi connectivity index (χ3v) is 3.07. The number of nitrogens with zero attached hydrogens (tertiary/aromatic N) is 2. The second kappa shape index (κ2) is 4.95. The van der Waals surface area contributed by atoms with E-state index in [0.717, 1.165) is 37.3 Å². The summed E-state index contributed by atoms with van der Waals surface area (Å²) in [6.07, 6.45) is 3.57. The van der Waals surface area contributed by atoms with Gasteiger partial charge >= 0.3 is 0 Å². The van der Waals surface area contributed by atoms with Gasteiger partial charge < -0.3 is 0 Å². The smallest absolute Gasteiger partial charge is 0.274 e. The second-order valence-electron chi connectivity index (χ2n) is 4.24. The van der Waals surface area contributed by atoms with Crippen LogP contribution >= 0.6 is 0 Å². The van der Waals surface area contributed by atoms with Crippen molar-refractivity contribution in [2.45, 2.75) is 19.3 Å². The molecule has 1 fully saturated rings. The van der Waals surface area contributed by atoms with E-state index >= 15 is 0 Å². The zero-order valence-corrected chi connectivity index (χ0v) is 9.63. The largest absolute Gasteiger partial charge is 0.287 e. The maximum Gasteiger partial charge on any atom is 0.274 e. The van der Waals surface area contributed by atoms with E-state index in [2.05, 4.69) is 4.58 Å². The standard InChI is InChI=1S/C12H15N3O2/c13-12(14-8-2-1-3-9-14)10-4-6-11(7-5-10)15(16)17/h4-7,13H,1-3,8-9H2/p+1. The van der Waals surface area contributed by atoms with E-state index in [1.165, 1.54) is 18.6 Å². The topological polar surface area (TPSA) is 72.2 Å². The van der Waals surface area contributed by atoms with Crippen molar-refractivity contribution >= 4 is 11.5 Å². The van der Waals surface area contributed by atoms with E-state index in [0.29, 0.717) is 0 Å². The summed E-state index contributed by atoms with van der Waals surface area (Å²) in [5, 5.41) is 10.5. The fraction of sp³-hybridized carbons (Fsp3) is 0.417. The van der Waals surface area contributed by atoms with Gasteiger partial charge in [0, 0.05) is 12.1 Å². The van der Waals surface area contributed by atoms with Crippen LogP contribution in [0.3, 0.4) is 0 Å². The van der Waals surface area contributed by atoms with Crippen molar-refractivity contribution in [1.82, 2.24) is 0 Å². The molecule has 17 heavy (non-hydrogen) atoms. The summed E-state index contributed by atoms with van der Waals surface area (Å²) in [7, 11) is 0. The first-order valence-electron chi connectivity index (χ1n) is 5.80. The summed E-state index contributed by atoms with van der Waals surface area (Å²) < 4.78 is 2.14. The lowest BCUT2D eigenvalue weighted by atomic mass is 10.1. The van der Waals surface area contributed by atoms with E-state index in [-0.39, 0.29) is 5.69 Å². The number of piperidine rings is 1. The van der Waals surface area contributed by atoms with Crippen LogP contribution in [0.15, 0.2) is 24.3 Å². The minimum absolute atomic E-state index is 0.0974. The van der Waals surface area contributed by atoms with E-state index < -0.39 is 4.92 Å². The maximum absolute atomic E-state index is 10.5. The van der Waals surface area contributed by atoms with Crippen LogP contribution in [0.5, 0.6) is 0 Å². The molecule has 0 amide bonds. The number of nitro groups is 1. The number of amidine groups is 1. The molecule has 0 saturated carbocycles. The summed E-state index contributed by atoms with van der Waals surface area (Å²) >= 11 is 0. The maximum atomic E-state index is 10.5. The first kappa shape index (κ1) is 11.6. The average molecular weight is 234 g/mol. The predicted octanol–water partition coefficient (Wildman–Crippen LogP) is 1.50. The third-order valence-electron chi connectivity index (χ3n) is 3.07. The Morgan fingerprint density at radius 1 is 1.18 bits per heavy atom. The van der Waals surface area contributed by atoms with Crippen LogP contribution in [0.4, 0.5) is 5.69 Å². The molecule has 1 aliphatic heterocycles. The molecule has 1 aromatic carbocycles. The van der Waals surface area contributed by atoms with Crippen molar-refractivity contribution in [2.75, 3.05) is 13.1 Å². The van der Waals surface area contributed by atoms with Gasteiger partial charge in [-0.3, -0.25) is 20.4 Å². The molecule has 1 aromatic rings. The van der Waals surface area contributed by atoms with Gasteiger partial charge in [-0.05, 0) is 31.4 Å². The second-order valence-corrected chi connectivity index (χ2v) is 4.24. The lowest BCUT2D eigenvalue weighted by Gasteiger charge is -2.14. The van der Waals surface area contributed by atoms with Gasteiger partial charge in [0.25, 0.3) is 11.5 Å². The number of nitrogens with two attached hydrogens (primary N) is 1. The minimum atomic E-state index is -0.402. The Morgan fingerprint density at radius 2 is 1.76 bits per heavy atom. The van der Waals surface area contributed by atoms with E-state index in [4.69, 9.17) is 5.73 Å². The van der Waals surface area contributed by atoms with E-state index in [1.807, 2.05) is 0 Å². The molecule has 0 aromatic heterocycles. The fourth-order valence-corrected chi connectivity index (χ4v) is 2.07. The SMILES string of the molecule is NC(c1ccc([N+](=O)[O-])cc1)=[N+]1CCCCC1. The van der Waals surface area contributed by atoms with Crippen molar-refractivity contribution < 1.29 is 9.50 Å². The van der Waals surface area contributed by atoms with Crippen LogP contribution in [0.1, 0.15) is 24.8 Å². The van der Waals surface area contributed by atoms with Gasteiger partial charge in [0.2, 0.25) is 0 Å². The molecular weight excluding hydrogens is 218 g/mol. The number of benzene rings is 1. The average Bonchev–Trinajstić information content (AvgIpc) is 2.39. The molecule has 5 nitrogen and oxygen atoms in total. The monoisotopic (exact) mass is 234 g/mol. The number of hydrogen-bond acceptors (Lipinski definition) is 2. The Kier molecular flexibility index (Phi) is 3.37. The first-order chi connectivity index (χ1) is 8.18.